The lowest BCUT2D eigenvalue weighted by Crippen LogP contribution is -2.32. The second kappa shape index (κ2) is 8.31. The van der Waals surface area contributed by atoms with Crippen LogP contribution in [0.4, 0.5) is 5.82 Å². The first-order valence-electron chi connectivity index (χ1n) is 9.54. The minimum atomic E-state index is 0.166. The van der Waals surface area contributed by atoms with E-state index in [-0.39, 0.29) is 12.6 Å². The lowest BCUT2D eigenvalue weighted by atomic mass is 10.1. The summed E-state index contributed by atoms with van der Waals surface area (Å²) in [5, 5.41) is 13.6. The Labute approximate surface area is 158 Å². The third kappa shape index (κ3) is 4.17. The first kappa shape index (κ1) is 17.7. The number of aliphatic hydroxyl groups excluding tert-OH is 1. The zero-order valence-corrected chi connectivity index (χ0v) is 15.3. The van der Waals surface area contributed by atoms with Crippen LogP contribution in [-0.2, 0) is 12.8 Å². The monoisotopic (exact) mass is 364 g/mol. The van der Waals surface area contributed by atoms with Crippen LogP contribution in [-0.4, -0.2) is 39.4 Å². The van der Waals surface area contributed by atoms with E-state index in [2.05, 4.69) is 44.3 Å². The maximum Gasteiger partial charge on any atom is 0.259 e. The fourth-order valence-corrected chi connectivity index (χ4v) is 3.58. The minimum Gasteiger partial charge on any atom is -0.394 e. The summed E-state index contributed by atoms with van der Waals surface area (Å²) in [4.78, 5) is 11.2. The molecular weight excluding hydrogens is 340 g/mol. The highest BCUT2D eigenvalue weighted by Crippen LogP contribution is 2.25. The largest absolute Gasteiger partial charge is 0.394 e. The number of benzene rings is 1. The predicted molar refractivity (Wildman–Crippen MR) is 103 cm³/mol. The lowest BCUT2D eigenvalue weighted by Gasteiger charge is -2.23. The molecule has 1 saturated heterocycles. The van der Waals surface area contributed by atoms with Gasteiger partial charge in [-0.05, 0) is 43.4 Å². The Balaban J connectivity index is 1.36. The van der Waals surface area contributed by atoms with Gasteiger partial charge in [0.2, 0.25) is 0 Å². The van der Waals surface area contributed by atoms with Crippen LogP contribution in [0.2, 0.25) is 0 Å². The molecule has 1 aliphatic heterocycles. The fraction of sp³-hybridized carbons (Fsp3) is 0.381. The van der Waals surface area contributed by atoms with Gasteiger partial charge in [-0.25, -0.2) is 4.98 Å². The summed E-state index contributed by atoms with van der Waals surface area (Å²) in [5.74, 6) is 2.12. The number of nitrogens with zero attached hydrogens (tertiary/aromatic N) is 4. The molecule has 0 unspecified atom stereocenters. The molecule has 2 aromatic heterocycles. The van der Waals surface area contributed by atoms with Crippen LogP contribution < -0.4 is 4.90 Å². The SMILES string of the molecule is OC[C@@H]1CCCN1c1ccc(-c2nc(CCCc3ccccc3)no2)cn1. The third-order valence-corrected chi connectivity index (χ3v) is 5.05. The first-order valence-corrected chi connectivity index (χ1v) is 9.54. The summed E-state index contributed by atoms with van der Waals surface area (Å²) in [6.07, 6.45) is 6.64. The van der Waals surface area contributed by atoms with E-state index in [1.54, 1.807) is 6.20 Å². The van der Waals surface area contributed by atoms with Gasteiger partial charge in [-0.2, -0.15) is 4.98 Å². The van der Waals surface area contributed by atoms with Gasteiger partial charge < -0.3 is 14.5 Å². The van der Waals surface area contributed by atoms with E-state index in [1.165, 1.54) is 5.56 Å². The van der Waals surface area contributed by atoms with Gasteiger partial charge in [-0.3, -0.25) is 0 Å². The molecule has 1 N–H and O–H groups in total. The van der Waals surface area contributed by atoms with E-state index in [0.29, 0.717) is 5.89 Å². The van der Waals surface area contributed by atoms with E-state index in [9.17, 15) is 5.11 Å². The van der Waals surface area contributed by atoms with Crippen molar-refractivity contribution in [2.45, 2.75) is 38.1 Å². The Hall–Kier alpha value is -2.73. The summed E-state index contributed by atoms with van der Waals surface area (Å²) in [5.41, 5.74) is 2.14. The Morgan fingerprint density at radius 1 is 1.11 bits per heavy atom. The third-order valence-electron chi connectivity index (χ3n) is 5.05. The molecule has 6 nitrogen and oxygen atoms in total. The highest BCUT2D eigenvalue weighted by atomic mass is 16.5. The van der Waals surface area contributed by atoms with E-state index >= 15 is 0 Å². The Bertz CT molecular complexity index is 848. The van der Waals surface area contributed by atoms with Crippen LogP contribution in [0.3, 0.4) is 0 Å². The number of aliphatic hydroxyl groups is 1. The van der Waals surface area contributed by atoms with Gasteiger partial charge in [0.15, 0.2) is 5.82 Å². The van der Waals surface area contributed by atoms with Gasteiger partial charge in [0.1, 0.15) is 5.82 Å². The number of rotatable bonds is 7. The summed E-state index contributed by atoms with van der Waals surface area (Å²) in [6, 6.07) is 14.5. The summed E-state index contributed by atoms with van der Waals surface area (Å²) < 4.78 is 5.41. The first-order chi connectivity index (χ1) is 13.3. The highest BCUT2D eigenvalue weighted by Gasteiger charge is 2.24. The zero-order chi connectivity index (χ0) is 18.5. The van der Waals surface area contributed by atoms with Gasteiger partial charge in [0.25, 0.3) is 5.89 Å². The van der Waals surface area contributed by atoms with Crippen LogP contribution >= 0.6 is 0 Å². The average molecular weight is 364 g/mol. The molecule has 140 valence electrons. The van der Waals surface area contributed by atoms with Crippen molar-refractivity contribution in [3.8, 4) is 11.5 Å². The van der Waals surface area contributed by atoms with Crippen LogP contribution in [0, 0.1) is 0 Å². The maximum absolute atomic E-state index is 9.47. The van der Waals surface area contributed by atoms with Crippen molar-refractivity contribution in [2.75, 3.05) is 18.1 Å². The van der Waals surface area contributed by atoms with E-state index in [1.807, 2.05) is 18.2 Å². The van der Waals surface area contributed by atoms with Crippen LogP contribution in [0.15, 0.2) is 53.2 Å². The molecule has 1 fully saturated rings. The molecule has 1 aliphatic rings. The standard InChI is InChI=1S/C21H24N4O2/c26-15-18-9-5-13-25(18)20-12-11-17(14-22-20)21-23-19(24-27-21)10-4-8-16-6-2-1-3-7-16/h1-3,6-7,11-12,14,18,26H,4-5,8-10,13,15H2/t18-/m0/s1. The van der Waals surface area contributed by atoms with Crippen LogP contribution in [0.5, 0.6) is 0 Å². The number of hydrogen-bond acceptors (Lipinski definition) is 6. The number of aromatic nitrogens is 3. The second-order valence-corrected chi connectivity index (χ2v) is 6.93. The van der Waals surface area contributed by atoms with E-state index < -0.39 is 0 Å². The van der Waals surface area contributed by atoms with Gasteiger partial charge in [-0.1, -0.05) is 35.5 Å². The van der Waals surface area contributed by atoms with Crippen molar-refractivity contribution >= 4 is 5.82 Å². The highest BCUT2D eigenvalue weighted by molar-refractivity contribution is 5.55. The molecule has 1 atom stereocenters. The van der Waals surface area contributed by atoms with Crippen molar-refractivity contribution in [1.29, 1.82) is 0 Å². The van der Waals surface area contributed by atoms with Crippen molar-refractivity contribution in [3.05, 3.63) is 60.0 Å². The smallest absolute Gasteiger partial charge is 0.259 e. The average Bonchev–Trinajstić information content (AvgIpc) is 3.38. The van der Waals surface area contributed by atoms with Crippen LogP contribution in [0.1, 0.15) is 30.7 Å². The van der Waals surface area contributed by atoms with E-state index in [0.717, 1.165) is 55.9 Å². The number of pyridine rings is 1. The second-order valence-electron chi connectivity index (χ2n) is 6.93. The molecule has 0 spiro atoms. The van der Waals surface area contributed by atoms with Gasteiger partial charge in [0, 0.05) is 19.2 Å². The van der Waals surface area contributed by atoms with Gasteiger partial charge in [-0.15, -0.1) is 0 Å². The lowest BCUT2D eigenvalue weighted by molar-refractivity contribution is 0.266. The van der Waals surface area contributed by atoms with Gasteiger partial charge in [0.05, 0.1) is 18.2 Å². The number of aryl methyl sites for hydroxylation is 2. The zero-order valence-electron chi connectivity index (χ0n) is 15.3. The topological polar surface area (TPSA) is 75.3 Å². The van der Waals surface area contributed by atoms with E-state index in [4.69, 9.17) is 4.52 Å². The Kier molecular flexibility index (Phi) is 5.44. The minimum absolute atomic E-state index is 0.166. The molecule has 0 aliphatic carbocycles. The molecule has 3 heterocycles. The summed E-state index contributed by atoms with van der Waals surface area (Å²) in [6.45, 7) is 1.10. The molecule has 0 radical (unpaired) electrons. The Morgan fingerprint density at radius 3 is 2.78 bits per heavy atom. The summed E-state index contributed by atoms with van der Waals surface area (Å²) in [7, 11) is 0. The molecule has 4 rings (SSSR count). The van der Waals surface area contributed by atoms with Crippen LogP contribution in [0.25, 0.3) is 11.5 Å². The normalized spacial score (nSPS) is 16.8. The van der Waals surface area contributed by atoms with Crippen molar-refractivity contribution in [2.24, 2.45) is 0 Å². The fourth-order valence-electron chi connectivity index (χ4n) is 3.58. The van der Waals surface area contributed by atoms with Crippen molar-refractivity contribution in [1.82, 2.24) is 15.1 Å². The maximum atomic E-state index is 9.47. The van der Waals surface area contributed by atoms with Gasteiger partial charge >= 0.3 is 0 Å². The van der Waals surface area contributed by atoms with Crippen molar-refractivity contribution in [3.63, 3.8) is 0 Å². The van der Waals surface area contributed by atoms with Crippen molar-refractivity contribution < 1.29 is 9.63 Å². The molecule has 3 aromatic rings. The molecule has 6 heteroatoms. The quantitative estimate of drug-likeness (QED) is 0.693. The Morgan fingerprint density at radius 2 is 2.00 bits per heavy atom. The number of anilines is 1. The number of hydrogen-bond donors (Lipinski definition) is 1. The molecule has 0 amide bonds. The molecule has 27 heavy (non-hydrogen) atoms. The molecule has 1 aromatic carbocycles. The summed E-state index contributed by atoms with van der Waals surface area (Å²) >= 11 is 0. The molecular formula is C21H24N4O2. The molecule has 0 saturated carbocycles. The predicted octanol–water partition coefficient (Wildman–Crippen LogP) is 3.27. The molecule has 0 bridgehead atoms.